The Bertz CT molecular complexity index is 1400. The fourth-order valence-corrected chi connectivity index (χ4v) is 5.75. The lowest BCUT2D eigenvalue weighted by atomic mass is 9.95. The first-order valence-electron chi connectivity index (χ1n) is 11.8. The van der Waals surface area contributed by atoms with Crippen molar-refractivity contribution in [1.82, 2.24) is 19.7 Å². The van der Waals surface area contributed by atoms with E-state index in [0.717, 1.165) is 53.8 Å². The van der Waals surface area contributed by atoms with Crippen molar-refractivity contribution in [2.45, 2.75) is 31.2 Å². The summed E-state index contributed by atoms with van der Waals surface area (Å²) in [5, 5.41) is 9.44. The summed E-state index contributed by atoms with van der Waals surface area (Å²) in [7, 11) is 0. The predicted molar refractivity (Wildman–Crippen MR) is 129 cm³/mol. The lowest BCUT2D eigenvalue weighted by Crippen LogP contribution is -2.43. The number of aromatic nitrogens is 4. The summed E-state index contributed by atoms with van der Waals surface area (Å²) in [6, 6.07) is 11.8. The molecule has 188 valence electrons. The van der Waals surface area contributed by atoms with Crippen LogP contribution in [0.25, 0.3) is 21.6 Å². The van der Waals surface area contributed by atoms with Gasteiger partial charge < -0.3 is 14.2 Å². The van der Waals surface area contributed by atoms with Gasteiger partial charge in [0.1, 0.15) is 11.4 Å². The van der Waals surface area contributed by atoms with Crippen molar-refractivity contribution in [2.24, 2.45) is 5.92 Å². The second-order valence-electron chi connectivity index (χ2n) is 9.42. The maximum Gasteiger partial charge on any atom is 0.433 e. The number of alkyl halides is 4. The van der Waals surface area contributed by atoms with Crippen molar-refractivity contribution in [2.75, 3.05) is 31.2 Å². The van der Waals surface area contributed by atoms with Crippen molar-refractivity contribution >= 4 is 27.9 Å². The van der Waals surface area contributed by atoms with Crippen LogP contribution in [0.3, 0.4) is 0 Å². The van der Waals surface area contributed by atoms with E-state index >= 15 is 4.39 Å². The molecule has 11 heteroatoms. The van der Waals surface area contributed by atoms with E-state index in [4.69, 9.17) is 4.74 Å². The highest BCUT2D eigenvalue weighted by molar-refractivity contribution is 7.14. The van der Waals surface area contributed by atoms with E-state index in [1.54, 1.807) is 0 Å². The number of fused-ring (bicyclic) bond motifs is 1. The summed E-state index contributed by atoms with van der Waals surface area (Å²) in [4.78, 5) is 5.66. The van der Waals surface area contributed by atoms with Gasteiger partial charge in [-0.3, -0.25) is 0 Å². The van der Waals surface area contributed by atoms with Gasteiger partial charge in [0.05, 0.1) is 19.8 Å². The van der Waals surface area contributed by atoms with Gasteiger partial charge in [0.2, 0.25) is 0 Å². The molecule has 0 saturated carbocycles. The van der Waals surface area contributed by atoms with Crippen molar-refractivity contribution in [1.29, 1.82) is 0 Å². The first-order valence-corrected chi connectivity index (χ1v) is 12.6. The quantitative estimate of drug-likeness (QED) is 0.319. The van der Waals surface area contributed by atoms with Gasteiger partial charge in [0.15, 0.2) is 15.7 Å². The SMILES string of the molecule is FC(F)(F)c1cccc(-c2nnc(C3(F)CCCN(c4ccc5c(ccn5CC5COC5)c4)C3)s2)n1. The van der Waals surface area contributed by atoms with Crippen LogP contribution in [-0.4, -0.2) is 46.1 Å². The number of piperidine rings is 1. The molecule has 0 radical (unpaired) electrons. The van der Waals surface area contributed by atoms with Crippen LogP contribution in [0.2, 0.25) is 0 Å². The number of ether oxygens (including phenoxy) is 1. The van der Waals surface area contributed by atoms with Crippen molar-refractivity contribution in [3.8, 4) is 10.7 Å². The Hall–Kier alpha value is -3.05. The highest BCUT2D eigenvalue weighted by Gasteiger charge is 2.41. The highest BCUT2D eigenvalue weighted by atomic mass is 32.1. The number of hydrogen-bond donors (Lipinski definition) is 0. The van der Waals surface area contributed by atoms with Gasteiger partial charge in [0, 0.05) is 41.8 Å². The largest absolute Gasteiger partial charge is 0.433 e. The molecule has 2 aliphatic rings. The summed E-state index contributed by atoms with van der Waals surface area (Å²) < 4.78 is 62.9. The van der Waals surface area contributed by atoms with Crippen LogP contribution < -0.4 is 4.90 Å². The van der Waals surface area contributed by atoms with Crippen LogP contribution in [0.1, 0.15) is 23.5 Å². The number of nitrogens with zero attached hydrogens (tertiary/aromatic N) is 5. The fraction of sp³-hybridized carbons (Fsp3) is 0.400. The maximum atomic E-state index is 16.2. The predicted octanol–water partition coefficient (Wildman–Crippen LogP) is 5.69. The monoisotopic (exact) mass is 517 g/mol. The molecule has 0 bridgehead atoms. The molecular formula is C25H23F4N5OS. The molecule has 6 nitrogen and oxygen atoms in total. The van der Waals surface area contributed by atoms with Gasteiger partial charge in [-0.05, 0) is 49.2 Å². The van der Waals surface area contributed by atoms with E-state index in [1.165, 1.54) is 12.1 Å². The molecule has 1 unspecified atom stereocenters. The standard InChI is InChI=1S/C25H23F4N5OS/c26-24(23-32-31-22(36-23)19-3-1-4-21(30-19)25(27,28)29)8-2-9-34(15-24)18-5-6-20-17(11-18)7-10-33(20)12-16-13-35-14-16/h1,3-7,10-11,16H,2,8-9,12-15H2. The lowest BCUT2D eigenvalue weighted by molar-refractivity contribution is -0.141. The van der Waals surface area contributed by atoms with E-state index in [0.29, 0.717) is 18.9 Å². The molecule has 3 aromatic heterocycles. The van der Waals surface area contributed by atoms with Crippen LogP contribution in [0.5, 0.6) is 0 Å². The zero-order valence-corrected chi connectivity index (χ0v) is 20.0. The molecule has 0 spiro atoms. The Morgan fingerprint density at radius 3 is 2.75 bits per heavy atom. The third-order valence-corrected chi connectivity index (χ3v) is 7.92. The minimum absolute atomic E-state index is 0.0354. The summed E-state index contributed by atoms with van der Waals surface area (Å²) >= 11 is 0.960. The number of pyridine rings is 1. The molecule has 4 aromatic rings. The van der Waals surface area contributed by atoms with Gasteiger partial charge in [0.25, 0.3) is 0 Å². The minimum Gasteiger partial charge on any atom is -0.381 e. The summed E-state index contributed by atoms with van der Waals surface area (Å²) in [6.45, 7) is 3.31. The smallest absolute Gasteiger partial charge is 0.381 e. The molecule has 0 aliphatic carbocycles. The zero-order chi connectivity index (χ0) is 24.9. The fourth-order valence-electron chi connectivity index (χ4n) is 4.84. The number of halogens is 4. The first kappa shape index (κ1) is 23.4. The molecular weight excluding hydrogens is 494 g/mol. The van der Waals surface area contributed by atoms with E-state index in [-0.39, 0.29) is 28.7 Å². The molecule has 6 rings (SSSR count). The molecule has 36 heavy (non-hydrogen) atoms. The number of benzene rings is 1. The van der Waals surface area contributed by atoms with Crippen LogP contribution >= 0.6 is 11.3 Å². The van der Waals surface area contributed by atoms with Crippen LogP contribution in [0.4, 0.5) is 23.2 Å². The van der Waals surface area contributed by atoms with Crippen molar-refractivity contribution in [3.05, 3.63) is 59.4 Å². The van der Waals surface area contributed by atoms with Gasteiger partial charge in [-0.15, -0.1) is 10.2 Å². The van der Waals surface area contributed by atoms with Gasteiger partial charge >= 0.3 is 6.18 Å². The first-order chi connectivity index (χ1) is 17.3. The molecule has 2 fully saturated rings. The summed E-state index contributed by atoms with van der Waals surface area (Å²) in [5.74, 6) is 0.539. The molecule has 1 aromatic carbocycles. The zero-order valence-electron chi connectivity index (χ0n) is 19.2. The maximum absolute atomic E-state index is 16.2. The molecule has 1 atom stereocenters. The van der Waals surface area contributed by atoms with Crippen LogP contribution in [0, 0.1) is 5.92 Å². The van der Waals surface area contributed by atoms with Gasteiger partial charge in [-0.25, -0.2) is 9.37 Å². The Labute approximate surface area is 208 Å². The molecule has 0 N–H and O–H groups in total. The third kappa shape index (κ3) is 4.34. The number of rotatable bonds is 5. The Kier molecular flexibility index (Phi) is 5.71. The second-order valence-corrected chi connectivity index (χ2v) is 10.4. The van der Waals surface area contributed by atoms with Crippen molar-refractivity contribution in [3.63, 3.8) is 0 Å². The average molecular weight is 518 g/mol. The third-order valence-electron chi connectivity index (χ3n) is 6.79. The van der Waals surface area contributed by atoms with Crippen LogP contribution in [0.15, 0.2) is 48.7 Å². The van der Waals surface area contributed by atoms with Gasteiger partial charge in [-0.1, -0.05) is 17.4 Å². The molecule has 0 amide bonds. The molecule has 2 aliphatic heterocycles. The summed E-state index contributed by atoms with van der Waals surface area (Å²) in [6.07, 6.45) is -1.60. The Balaban J connectivity index is 1.22. The Morgan fingerprint density at radius 1 is 1.11 bits per heavy atom. The average Bonchev–Trinajstić information content (AvgIpc) is 3.49. The number of anilines is 1. The van der Waals surface area contributed by atoms with E-state index < -0.39 is 17.5 Å². The second kappa shape index (κ2) is 8.81. The number of hydrogen-bond acceptors (Lipinski definition) is 6. The minimum atomic E-state index is -4.57. The van der Waals surface area contributed by atoms with E-state index in [1.807, 2.05) is 11.0 Å². The normalized spacial score (nSPS) is 21.2. The van der Waals surface area contributed by atoms with Crippen LogP contribution in [-0.2, 0) is 23.1 Å². The van der Waals surface area contributed by atoms with E-state index in [2.05, 4.69) is 44.1 Å². The van der Waals surface area contributed by atoms with E-state index in [9.17, 15) is 13.2 Å². The molecule has 2 saturated heterocycles. The summed E-state index contributed by atoms with van der Waals surface area (Å²) in [5.41, 5.74) is -0.662. The van der Waals surface area contributed by atoms with Gasteiger partial charge in [-0.2, -0.15) is 13.2 Å². The topological polar surface area (TPSA) is 56.1 Å². The lowest BCUT2D eigenvalue weighted by Gasteiger charge is -2.37. The molecule has 5 heterocycles. The Morgan fingerprint density at radius 2 is 1.97 bits per heavy atom. The van der Waals surface area contributed by atoms with Crippen molar-refractivity contribution < 1.29 is 22.3 Å². The highest BCUT2D eigenvalue weighted by Crippen LogP contribution is 2.41.